The van der Waals surface area contributed by atoms with Crippen molar-refractivity contribution in [2.45, 2.75) is 12.5 Å². The zero-order valence-corrected chi connectivity index (χ0v) is 9.90. The number of hydrogen-bond donors (Lipinski definition) is 2. The van der Waals surface area contributed by atoms with Gasteiger partial charge in [-0.1, -0.05) is 36.4 Å². The highest BCUT2D eigenvalue weighted by Gasteiger charge is 2.16. The highest BCUT2D eigenvalue weighted by molar-refractivity contribution is 5.22. The lowest BCUT2D eigenvalue weighted by Crippen LogP contribution is -2.49. The van der Waals surface area contributed by atoms with E-state index in [-0.39, 0.29) is 0 Å². The van der Waals surface area contributed by atoms with Crippen LogP contribution in [0.2, 0.25) is 0 Å². The van der Waals surface area contributed by atoms with Gasteiger partial charge in [-0.15, -0.1) is 0 Å². The molecule has 0 aliphatic rings. The second-order valence-electron chi connectivity index (χ2n) is 3.79. The molecule has 2 aromatic rings. The molecule has 0 aliphatic carbocycles. The predicted molar refractivity (Wildman–Crippen MR) is 70.1 cm³/mol. The smallest absolute Gasteiger partial charge is 0.198 e. The van der Waals surface area contributed by atoms with Crippen LogP contribution in [0.1, 0.15) is 0 Å². The first-order valence-electron chi connectivity index (χ1n) is 5.70. The average Bonchev–Trinajstić information content (AvgIpc) is 2.41. The standard InChI is InChI=1S/C14H16N2O2/c15-13(17-11-7-3-1-4-8-11)14(16)18-12-9-5-2-6-10-12/h1-10,13-14H,15-16H2. The summed E-state index contributed by atoms with van der Waals surface area (Å²) in [5.74, 6) is 1.33. The van der Waals surface area contributed by atoms with Gasteiger partial charge >= 0.3 is 0 Å². The van der Waals surface area contributed by atoms with Crippen molar-refractivity contribution in [3.8, 4) is 11.5 Å². The summed E-state index contributed by atoms with van der Waals surface area (Å²) in [7, 11) is 0. The molecule has 2 aromatic carbocycles. The van der Waals surface area contributed by atoms with Gasteiger partial charge in [0.1, 0.15) is 11.5 Å². The van der Waals surface area contributed by atoms with E-state index < -0.39 is 12.5 Å². The maximum absolute atomic E-state index is 5.82. The van der Waals surface area contributed by atoms with Gasteiger partial charge in [-0.3, -0.25) is 11.5 Å². The lowest BCUT2D eigenvalue weighted by molar-refractivity contribution is 0.0621. The molecule has 0 amide bonds. The molecular formula is C14H16N2O2. The first kappa shape index (κ1) is 12.4. The zero-order chi connectivity index (χ0) is 12.8. The molecule has 2 atom stereocenters. The van der Waals surface area contributed by atoms with Crippen LogP contribution in [0.25, 0.3) is 0 Å². The fourth-order valence-electron chi connectivity index (χ4n) is 1.45. The molecule has 2 unspecified atom stereocenters. The van der Waals surface area contributed by atoms with Gasteiger partial charge < -0.3 is 9.47 Å². The van der Waals surface area contributed by atoms with Crippen molar-refractivity contribution in [2.24, 2.45) is 11.5 Å². The largest absolute Gasteiger partial charge is 0.470 e. The molecule has 0 aliphatic heterocycles. The van der Waals surface area contributed by atoms with Gasteiger partial charge in [-0.25, -0.2) is 0 Å². The lowest BCUT2D eigenvalue weighted by atomic mass is 10.3. The second kappa shape index (κ2) is 6.05. The third-order valence-electron chi connectivity index (χ3n) is 2.35. The molecule has 0 radical (unpaired) electrons. The highest BCUT2D eigenvalue weighted by atomic mass is 16.6. The van der Waals surface area contributed by atoms with E-state index in [4.69, 9.17) is 20.9 Å². The Morgan fingerprint density at radius 1 is 0.611 bits per heavy atom. The molecule has 0 heterocycles. The average molecular weight is 244 g/mol. The van der Waals surface area contributed by atoms with Crippen LogP contribution in [0, 0.1) is 0 Å². The van der Waals surface area contributed by atoms with E-state index in [1.54, 1.807) is 0 Å². The predicted octanol–water partition coefficient (Wildman–Crippen LogP) is 1.71. The van der Waals surface area contributed by atoms with Crippen LogP contribution >= 0.6 is 0 Å². The molecule has 4 heteroatoms. The van der Waals surface area contributed by atoms with Gasteiger partial charge in [0, 0.05) is 0 Å². The van der Waals surface area contributed by atoms with Crippen LogP contribution in [0.3, 0.4) is 0 Å². The van der Waals surface area contributed by atoms with Crippen LogP contribution in [0.15, 0.2) is 60.7 Å². The van der Waals surface area contributed by atoms with E-state index in [1.165, 1.54) is 0 Å². The Labute approximate surface area is 106 Å². The quantitative estimate of drug-likeness (QED) is 0.785. The summed E-state index contributed by atoms with van der Waals surface area (Å²) in [6.07, 6.45) is -1.46. The lowest BCUT2D eigenvalue weighted by Gasteiger charge is -2.22. The van der Waals surface area contributed by atoms with Crippen molar-refractivity contribution in [1.82, 2.24) is 0 Å². The van der Waals surface area contributed by atoms with Crippen molar-refractivity contribution in [2.75, 3.05) is 0 Å². The van der Waals surface area contributed by atoms with E-state index in [0.29, 0.717) is 11.5 Å². The summed E-state index contributed by atoms with van der Waals surface area (Å²) >= 11 is 0. The molecular weight excluding hydrogens is 228 g/mol. The monoisotopic (exact) mass is 244 g/mol. The molecule has 2 rings (SSSR count). The van der Waals surface area contributed by atoms with Crippen LogP contribution in [0.4, 0.5) is 0 Å². The minimum atomic E-state index is -0.729. The second-order valence-corrected chi connectivity index (χ2v) is 3.79. The molecule has 4 nitrogen and oxygen atoms in total. The number of para-hydroxylation sites is 2. The fourth-order valence-corrected chi connectivity index (χ4v) is 1.45. The van der Waals surface area contributed by atoms with Crippen molar-refractivity contribution in [3.63, 3.8) is 0 Å². The summed E-state index contributed by atoms with van der Waals surface area (Å²) in [6, 6.07) is 18.5. The molecule has 0 spiro atoms. The summed E-state index contributed by atoms with van der Waals surface area (Å²) in [4.78, 5) is 0. The normalized spacial score (nSPS) is 13.7. The first-order chi connectivity index (χ1) is 8.75. The summed E-state index contributed by atoms with van der Waals surface area (Å²) in [6.45, 7) is 0. The topological polar surface area (TPSA) is 70.5 Å². The number of nitrogens with two attached hydrogens (primary N) is 2. The van der Waals surface area contributed by atoms with Crippen molar-refractivity contribution in [3.05, 3.63) is 60.7 Å². The minimum absolute atomic E-state index is 0.664. The van der Waals surface area contributed by atoms with E-state index in [0.717, 1.165) is 0 Å². The molecule has 18 heavy (non-hydrogen) atoms. The number of rotatable bonds is 5. The van der Waals surface area contributed by atoms with Crippen LogP contribution < -0.4 is 20.9 Å². The van der Waals surface area contributed by atoms with Gasteiger partial charge in [-0.2, -0.15) is 0 Å². The third-order valence-corrected chi connectivity index (χ3v) is 2.35. The Morgan fingerprint density at radius 3 is 1.28 bits per heavy atom. The maximum atomic E-state index is 5.82. The molecule has 0 saturated carbocycles. The molecule has 0 aromatic heterocycles. The van der Waals surface area contributed by atoms with E-state index in [9.17, 15) is 0 Å². The van der Waals surface area contributed by atoms with Gasteiger partial charge in [0.05, 0.1) is 0 Å². The Balaban J connectivity index is 1.91. The Morgan fingerprint density at radius 2 is 0.944 bits per heavy atom. The van der Waals surface area contributed by atoms with E-state index >= 15 is 0 Å². The van der Waals surface area contributed by atoms with Crippen LogP contribution in [-0.4, -0.2) is 12.5 Å². The number of hydrogen-bond acceptors (Lipinski definition) is 4. The molecule has 94 valence electrons. The van der Waals surface area contributed by atoms with Crippen LogP contribution in [0.5, 0.6) is 11.5 Å². The molecule has 0 fully saturated rings. The van der Waals surface area contributed by atoms with Gasteiger partial charge in [0.25, 0.3) is 0 Å². The molecule has 0 bridgehead atoms. The van der Waals surface area contributed by atoms with Gasteiger partial charge in [0.15, 0.2) is 12.5 Å². The van der Waals surface area contributed by atoms with Crippen molar-refractivity contribution in [1.29, 1.82) is 0 Å². The molecule has 0 saturated heterocycles. The fraction of sp³-hybridized carbons (Fsp3) is 0.143. The summed E-state index contributed by atoms with van der Waals surface area (Å²) < 4.78 is 11.0. The Hall–Kier alpha value is -2.04. The zero-order valence-electron chi connectivity index (χ0n) is 9.90. The Bertz CT molecular complexity index is 416. The minimum Gasteiger partial charge on any atom is -0.470 e. The van der Waals surface area contributed by atoms with E-state index in [1.807, 2.05) is 60.7 Å². The van der Waals surface area contributed by atoms with Crippen molar-refractivity contribution >= 4 is 0 Å². The number of ether oxygens (including phenoxy) is 2. The third kappa shape index (κ3) is 3.48. The first-order valence-corrected chi connectivity index (χ1v) is 5.70. The van der Waals surface area contributed by atoms with E-state index in [2.05, 4.69) is 0 Å². The highest BCUT2D eigenvalue weighted by Crippen LogP contribution is 2.13. The summed E-state index contributed by atoms with van der Waals surface area (Å²) in [5.41, 5.74) is 11.6. The Kier molecular flexibility index (Phi) is 4.17. The van der Waals surface area contributed by atoms with Crippen molar-refractivity contribution < 1.29 is 9.47 Å². The van der Waals surface area contributed by atoms with Gasteiger partial charge in [0.2, 0.25) is 0 Å². The molecule has 4 N–H and O–H groups in total. The number of benzene rings is 2. The summed E-state index contributed by atoms with van der Waals surface area (Å²) in [5, 5.41) is 0. The van der Waals surface area contributed by atoms with Crippen LogP contribution in [-0.2, 0) is 0 Å². The maximum Gasteiger partial charge on any atom is 0.198 e. The SMILES string of the molecule is NC(Oc1ccccc1)C(N)Oc1ccccc1. The van der Waals surface area contributed by atoms with Gasteiger partial charge in [-0.05, 0) is 24.3 Å².